The van der Waals surface area contributed by atoms with Crippen LogP contribution in [0.25, 0.3) is 0 Å². The summed E-state index contributed by atoms with van der Waals surface area (Å²) in [5, 5.41) is 18.6. The first kappa shape index (κ1) is 62.7. The molecular formula is C50H71N6O17P2S2+. The van der Waals surface area contributed by atoms with Crippen LogP contribution in [0.4, 0.5) is 21.0 Å². The number of nitrogens with one attached hydrogen (secondary N) is 3. The largest absolute Gasteiger partial charge is 0.695 e. The Hall–Kier alpha value is -5.11. The summed E-state index contributed by atoms with van der Waals surface area (Å²) in [7, 11) is -16.0. The molecule has 424 valence electrons. The zero-order valence-corrected chi connectivity index (χ0v) is 46.7. The lowest BCUT2D eigenvalue weighted by Crippen LogP contribution is -2.52. The summed E-state index contributed by atoms with van der Waals surface area (Å²) < 4.78 is 106. The van der Waals surface area contributed by atoms with Gasteiger partial charge in [-0.1, -0.05) is 88.4 Å². The molecule has 7 atom stereocenters. The van der Waals surface area contributed by atoms with E-state index in [1.165, 1.54) is 52.8 Å². The molecule has 6 rings (SSSR count). The summed E-state index contributed by atoms with van der Waals surface area (Å²) in [4.78, 5) is 53.3. The van der Waals surface area contributed by atoms with Crippen molar-refractivity contribution in [3.8, 4) is 0 Å². The van der Waals surface area contributed by atoms with E-state index in [9.17, 15) is 45.6 Å². The highest BCUT2D eigenvalue weighted by Crippen LogP contribution is 2.36. The number of sulfonamides is 2. The fourth-order valence-corrected chi connectivity index (χ4v) is 12.4. The van der Waals surface area contributed by atoms with Crippen LogP contribution in [-0.2, 0) is 65.5 Å². The zero-order chi connectivity index (χ0) is 56.3. The van der Waals surface area contributed by atoms with Gasteiger partial charge in [0.1, 0.15) is 12.2 Å². The van der Waals surface area contributed by atoms with Gasteiger partial charge in [-0.3, -0.25) is 5.09 Å². The summed E-state index contributed by atoms with van der Waals surface area (Å²) in [6.07, 6.45) is -3.19. The molecule has 2 fully saturated rings. The van der Waals surface area contributed by atoms with Crippen LogP contribution >= 0.6 is 16.0 Å². The van der Waals surface area contributed by atoms with Gasteiger partial charge in [0, 0.05) is 55.0 Å². The SMILES string of the molecule is CC(C)CN(CC(O[P+](=O)O)[C@H](Cc1ccccc1)NC(=O)OC1CCOC1)S(=O)(=O)c1ccc(NP(=O)(O)O)cc1.CC(C)CN(C[C@@H](O)[C@H](Cc1ccccc1)NC(=O)O[C@H]1CCOC1)S(=O)(=O)c1ccc(N)cc1. The molecular weight excluding hydrogens is 1080 g/mol. The summed E-state index contributed by atoms with van der Waals surface area (Å²) >= 11 is 0. The van der Waals surface area contributed by atoms with E-state index in [2.05, 4.69) is 10.6 Å². The van der Waals surface area contributed by atoms with Crippen LogP contribution in [0.5, 0.6) is 0 Å². The van der Waals surface area contributed by atoms with Gasteiger partial charge in [0.05, 0.1) is 54.4 Å². The quantitative estimate of drug-likeness (QED) is 0.0288. The molecule has 77 heavy (non-hydrogen) atoms. The predicted octanol–water partition coefficient (Wildman–Crippen LogP) is 5.40. The molecule has 27 heteroatoms. The van der Waals surface area contributed by atoms with Crippen molar-refractivity contribution in [2.24, 2.45) is 11.8 Å². The van der Waals surface area contributed by atoms with Crippen molar-refractivity contribution >= 4 is 59.6 Å². The third kappa shape index (κ3) is 21.2. The fraction of sp³-hybridized carbons (Fsp3) is 0.480. The van der Waals surface area contributed by atoms with Gasteiger partial charge in [-0.15, -0.1) is 9.42 Å². The van der Waals surface area contributed by atoms with E-state index in [1.807, 2.05) is 49.3 Å². The van der Waals surface area contributed by atoms with Crippen molar-refractivity contribution in [2.45, 2.75) is 99.7 Å². The van der Waals surface area contributed by atoms with E-state index in [1.54, 1.807) is 44.2 Å². The number of rotatable bonds is 26. The number of nitrogen functional groups attached to an aromatic ring is 1. The zero-order valence-electron chi connectivity index (χ0n) is 43.3. The Labute approximate surface area is 451 Å². The highest BCUT2D eigenvalue weighted by atomic mass is 32.2. The highest BCUT2D eigenvalue weighted by Gasteiger charge is 2.39. The van der Waals surface area contributed by atoms with Gasteiger partial charge in [0.25, 0.3) is 0 Å². The number of ether oxygens (including phenoxy) is 4. The third-order valence-electron chi connectivity index (χ3n) is 11.9. The lowest BCUT2D eigenvalue weighted by Gasteiger charge is -2.30. The van der Waals surface area contributed by atoms with Crippen LogP contribution in [0.15, 0.2) is 119 Å². The number of hydrogen-bond donors (Lipinski definition) is 8. The van der Waals surface area contributed by atoms with Crippen LogP contribution in [-0.4, -0.2) is 147 Å². The number of alkyl carbamates (subject to hydrolysis) is 2. The Morgan fingerprint density at radius 2 is 1.12 bits per heavy atom. The van der Waals surface area contributed by atoms with E-state index in [0.717, 1.165) is 15.4 Å². The Kier molecular flexibility index (Phi) is 24.2. The molecule has 2 amide bonds. The topological polar surface area (TPSA) is 332 Å². The maximum atomic E-state index is 13.8. The molecule has 0 aliphatic carbocycles. The van der Waals surface area contributed by atoms with Gasteiger partial charge in [0.15, 0.2) is 6.10 Å². The number of benzene rings is 4. The molecule has 0 aromatic heterocycles. The number of hydrogen-bond acceptors (Lipinski definition) is 15. The second-order valence-electron chi connectivity index (χ2n) is 19.3. The van der Waals surface area contributed by atoms with E-state index in [-0.39, 0.29) is 66.1 Å². The molecule has 3 unspecified atom stereocenters. The lowest BCUT2D eigenvalue weighted by molar-refractivity contribution is 0.0643. The minimum atomic E-state index is -4.61. The van der Waals surface area contributed by atoms with Crippen molar-refractivity contribution in [1.29, 1.82) is 0 Å². The Morgan fingerprint density at radius 3 is 1.53 bits per heavy atom. The monoisotopic (exact) mass is 1150 g/mol. The number of aliphatic hydroxyl groups excluding tert-OH is 1. The van der Waals surface area contributed by atoms with E-state index < -0.39 is 85.2 Å². The third-order valence-corrected chi connectivity index (χ3v) is 16.6. The first-order valence-corrected chi connectivity index (χ1v) is 30.5. The van der Waals surface area contributed by atoms with E-state index in [0.29, 0.717) is 44.8 Å². The Balaban J connectivity index is 0.000000289. The standard InChI is InChI=1S/C25H35N3O11P2S.C25H35N3O6S/c1-18(2)15-28(42(35,36)22-10-8-20(9-11-22)27-41(32,33)34)16-24(39-40(30)31)23(14-19-6-4-3-5-7-19)26-25(29)38-21-12-13-37-17-21;1-18(2)15-28(35(31,32)22-10-8-20(26)9-11-22)16-24(29)23(14-19-6-4-3-5-7-19)27-25(30)34-21-12-13-33-17-21/h3-11,18,21,23-24H,12-17H2,1-2H3,(H4-,26,27,29,30,31,32,33,34);3-11,18,21,23-24,29H,12-17,26H2,1-2H3,(H,27,30)/p+1/t21?,23-,24?;21-,23-,24+/m00/s1. The first-order chi connectivity index (χ1) is 36.4. The van der Waals surface area contributed by atoms with Crippen molar-refractivity contribution in [1.82, 2.24) is 19.2 Å². The van der Waals surface area contributed by atoms with Gasteiger partial charge < -0.3 is 50.2 Å². The minimum absolute atomic E-state index is 0.00515. The molecule has 0 spiro atoms. The first-order valence-electron chi connectivity index (χ1n) is 24.9. The second-order valence-corrected chi connectivity index (χ2v) is 25.2. The van der Waals surface area contributed by atoms with Crippen molar-refractivity contribution < 1.29 is 78.8 Å². The molecule has 2 aliphatic heterocycles. The summed E-state index contributed by atoms with van der Waals surface area (Å²) in [5.41, 5.74) is 7.82. The summed E-state index contributed by atoms with van der Waals surface area (Å²) in [6, 6.07) is 27.3. The second kappa shape index (κ2) is 29.7. The molecule has 4 aromatic carbocycles. The number of anilines is 2. The number of aliphatic hydroxyl groups is 1. The van der Waals surface area contributed by atoms with Gasteiger partial charge in [0.2, 0.25) is 20.0 Å². The Bertz CT molecular complexity index is 2750. The van der Waals surface area contributed by atoms with Crippen molar-refractivity contribution in [2.75, 3.05) is 63.4 Å². The molecule has 0 bridgehead atoms. The average Bonchev–Trinajstić information content (AvgIpc) is 4.09. The van der Waals surface area contributed by atoms with Gasteiger partial charge >= 0.3 is 28.2 Å². The predicted molar refractivity (Wildman–Crippen MR) is 286 cm³/mol. The number of amides is 2. The molecule has 0 saturated carbocycles. The summed E-state index contributed by atoms with van der Waals surface area (Å²) in [6.45, 7) is 8.52. The molecule has 2 saturated heterocycles. The molecule has 2 aliphatic rings. The van der Waals surface area contributed by atoms with Crippen LogP contribution in [0, 0.1) is 11.8 Å². The highest BCUT2D eigenvalue weighted by molar-refractivity contribution is 7.89. The molecule has 23 nitrogen and oxygen atoms in total. The number of carbonyl (C=O) groups is 2. The van der Waals surface area contributed by atoms with E-state index >= 15 is 0 Å². The average molecular weight is 1150 g/mol. The minimum Gasteiger partial charge on any atom is -0.444 e. The summed E-state index contributed by atoms with van der Waals surface area (Å²) in [5.74, 6) is -0.162. The molecule has 4 aromatic rings. The van der Waals surface area contributed by atoms with E-state index in [4.69, 9.17) is 39.0 Å². The van der Waals surface area contributed by atoms with Gasteiger partial charge in [-0.25, -0.2) is 31.0 Å². The van der Waals surface area contributed by atoms with Crippen LogP contribution < -0.4 is 21.5 Å². The maximum Gasteiger partial charge on any atom is 0.695 e. The maximum absolute atomic E-state index is 13.8. The number of carbonyl (C=O) groups excluding carboxylic acids is 2. The normalized spacial score (nSPS) is 17.7. The molecule has 0 radical (unpaired) electrons. The smallest absolute Gasteiger partial charge is 0.444 e. The molecule has 9 N–H and O–H groups in total. The lowest BCUT2D eigenvalue weighted by atomic mass is 10.0. The number of nitrogens with two attached hydrogens (primary N) is 1. The molecule has 2 heterocycles. The van der Waals surface area contributed by atoms with Gasteiger partial charge in [-0.2, -0.15) is 8.61 Å². The van der Waals surface area contributed by atoms with Crippen LogP contribution in [0.1, 0.15) is 51.7 Å². The van der Waals surface area contributed by atoms with Crippen molar-refractivity contribution in [3.63, 3.8) is 0 Å². The van der Waals surface area contributed by atoms with Gasteiger partial charge in [-0.05, 0) is 84.3 Å². The fourth-order valence-electron chi connectivity index (χ4n) is 8.23. The Morgan fingerprint density at radius 1 is 0.688 bits per heavy atom. The van der Waals surface area contributed by atoms with Crippen LogP contribution in [0.2, 0.25) is 0 Å². The van der Waals surface area contributed by atoms with Crippen molar-refractivity contribution in [3.05, 3.63) is 120 Å². The number of nitrogens with zero attached hydrogens (tertiary/aromatic N) is 2. The van der Waals surface area contributed by atoms with Crippen LogP contribution in [0.3, 0.4) is 0 Å².